The molecule has 14 heteroatoms. The summed E-state index contributed by atoms with van der Waals surface area (Å²) in [6, 6.07) is 7.19. The molecule has 4 rings (SSSR count). The number of halogens is 1. The Morgan fingerprint density at radius 1 is 1.17 bits per heavy atom. The lowest BCUT2D eigenvalue weighted by molar-refractivity contribution is -0.385. The third kappa shape index (κ3) is 4.45. The molecule has 2 heterocycles. The SMILES string of the molecule is COc1ccc(NC(=O)CN2C(=O)S/C(=C\c3cc4c(cc3[N+](=O)[O-])n(C)c(=O)n4C)C2=O)cc1Cl. The van der Waals surface area contributed by atoms with Gasteiger partial charge in [0.05, 0.1) is 38.6 Å². The lowest BCUT2D eigenvalue weighted by Gasteiger charge is -2.13. The van der Waals surface area contributed by atoms with E-state index in [9.17, 15) is 29.3 Å². The molecule has 36 heavy (non-hydrogen) atoms. The van der Waals surface area contributed by atoms with Gasteiger partial charge in [0.25, 0.3) is 16.8 Å². The van der Waals surface area contributed by atoms with Crippen LogP contribution in [-0.2, 0) is 23.7 Å². The summed E-state index contributed by atoms with van der Waals surface area (Å²) in [4.78, 5) is 61.7. The number of nitro groups is 1. The Bertz CT molecular complexity index is 1560. The van der Waals surface area contributed by atoms with Gasteiger partial charge >= 0.3 is 5.69 Å². The van der Waals surface area contributed by atoms with E-state index in [1.54, 1.807) is 12.1 Å². The second-order valence-corrected chi connectivity index (χ2v) is 9.12. The van der Waals surface area contributed by atoms with Crippen LogP contribution in [0.25, 0.3) is 17.1 Å². The van der Waals surface area contributed by atoms with Crippen LogP contribution in [-0.4, -0.2) is 49.7 Å². The van der Waals surface area contributed by atoms with Crippen LogP contribution in [0.5, 0.6) is 5.75 Å². The van der Waals surface area contributed by atoms with E-state index in [4.69, 9.17) is 16.3 Å². The lowest BCUT2D eigenvalue weighted by Crippen LogP contribution is -2.36. The smallest absolute Gasteiger partial charge is 0.328 e. The molecule has 0 unspecified atom stereocenters. The topological polar surface area (TPSA) is 146 Å². The van der Waals surface area contributed by atoms with Gasteiger partial charge in [0.15, 0.2) is 0 Å². The fourth-order valence-electron chi connectivity index (χ4n) is 3.69. The van der Waals surface area contributed by atoms with Crippen LogP contribution in [0.4, 0.5) is 16.2 Å². The molecule has 0 radical (unpaired) electrons. The standard InChI is InChI=1S/C22H18ClN5O7S/c1-25-15-6-11(14(28(33)34)9-16(15)26(2)21(25)31)7-18-20(30)27(22(32)36-18)10-19(29)24-12-4-5-17(35-3)13(23)8-12/h4-9H,10H2,1-3H3,(H,24,29)/b18-7-. The number of aryl methyl sites for hydroxylation is 2. The van der Waals surface area contributed by atoms with E-state index >= 15 is 0 Å². The van der Waals surface area contributed by atoms with Crippen molar-refractivity contribution in [2.24, 2.45) is 14.1 Å². The zero-order valence-corrected chi connectivity index (χ0v) is 20.7. The summed E-state index contributed by atoms with van der Waals surface area (Å²) in [5.41, 5.74) is 0.415. The van der Waals surface area contributed by atoms with E-state index in [1.165, 1.54) is 54.6 Å². The predicted octanol–water partition coefficient (Wildman–Crippen LogP) is 3.12. The van der Waals surface area contributed by atoms with Gasteiger partial charge in [0.1, 0.15) is 12.3 Å². The summed E-state index contributed by atoms with van der Waals surface area (Å²) in [7, 11) is 4.45. The number of hydrogen-bond acceptors (Lipinski definition) is 8. The van der Waals surface area contributed by atoms with Crippen LogP contribution in [0.1, 0.15) is 5.56 Å². The first kappa shape index (κ1) is 25.0. The third-order valence-corrected chi connectivity index (χ3v) is 6.72. The van der Waals surface area contributed by atoms with Crippen LogP contribution < -0.4 is 15.7 Å². The number of methoxy groups -OCH3 is 1. The number of aromatic nitrogens is 2. The number of rotatable bonds is 6. The fourth-order valence-corrected chi connectivity index (χ4v) is 4.78. The average molecular weight is 532 g/mol. The zero-order valence-electron chi connectivity index (χ0n) is 19.1. The lowest BCUT2D eigenvalue weighted by atomic mass is 10.1. The summed E-state index contributed by atoms with van der Waals surface area (Å²) in [5, 5.41) is 13.8. The maximum Gasteiger partial charge on any atom is 0.328 e. The van der Waals surface area contributed by atoms with Crippen molar-refractivity contribution in [2.45, 2.75) is 0 Å². The molecule has 1 aromatic heterocycles. The highest BCUT2D eigenvalue weighted by molar-refractivity contribution is 8.18. The number of imide groups is 1. The third-order valence-electron chi connectivity index (χ3n) is 5.51. The number of carbonyl (C=O) groups excluding carboxylic acids is 3. The van der Waals surface area contributed by atoms with Gasteiger partial charge in [0.2, 0.25) is 5.91 Å². The summed E-state index contributed by atoms with van der Waals surface area (Å²) in [6.45, 7) is -0.569. The van der Waals surface area contributed by atoms with E-state index in [-0.39, 0.29) is 26.9 Å². The number of hydrogen-bond donors (Lipinski definition) is 1. The van der Waals surface area contributed by atoms with E-state index < -0.39 is 28.5 Å². The molecule has 1 saturated heterocycles. The first-order valence-corrected chi connectivity index (χ1v) is 11.4. The average Bonchev–Trinajstić information content (AvgIpc) is 3.20. The number of nitrogens with one attached hydrogen (secondary N) is 1. The second kappa shape index (κ2) is 9.51. The van der Waals surface area contributed by atoms with Gasteiger partial charge in [-0.05, 0) is 42.1 Å². The van der Waals surface area contributed by atoms with Crippen molar-refractivity contribution in [2.75, 3.05) is 19.0 Å². The molecule has 1 aliphatic rings. The number of benzene rings is 2. The number of imidazole rings is 1. The number of ether oxygens (including phenoxy) is 1. The molecular formula is C22H18ClN5O7S. The van der Waals surface area contributed by atoms with E-state index in [0.29, 0.717) is 34.2 Å². The Hall–Kier alpha value is -4.10. The molecule has 0 spiro atoms. The Morgan fingerprint density at radius 3 is 2.44 bits per heavy atom. The van der Waals surface area contributed by atoms with Gasteiger partial charge in [0, 0.05) is 25.8 Å². The van der Waals surface area contributed by atoms with Crippen molar-refractivity contribution < 1.29 is 24.0 Å². The number of thioether (sulfide) groups is 1. The summed E-state index contributed by atoms with van der Waals surface area (Å²) in [6.07, 6.45) is 1.21. The molecule has 1 N–H and O–H groups in total. The van der Waals surface area contributed by atoms with Gasteiger partial charge in [-0.1, -0.05) is 11.6 Å². The van der Waals surface area contributed by atoms with Crippen molar-refractivity contribution in [3.05, 3.63) is 66.4 Å². The molecule has 2 aromatic carbocycles. The summed E-state index contributed by atoms with van der Waals surface area (Å²) < 4.78 is 7.64. The number of anilines is 1. The van der Waals surface area contributed by atoms with E-state index in [1.807, 2.05) is 0 Å². The predicted molar refractivity (Wildman–Crippen MR) is 134 cm³/mol. The molecular weight excluding hydrogens is 514 g/mol. The maximum atomic E-state index is 12.9. The summed E-state index contributed by atoms with van der Waals surface area (Å²) >= 11 is 6.60. The molecule has 1 fully saturated rings. The van der Waals surface area contributed by atoms with Crippen molar-refractivity contribution in [3.63, 3.8) is 0 Å². The van der Waals surface area contributed by atoms with Crippen LogP contribution in [0, 0.1) is 10.1 Å². The first-order chi connectivity index (χ1) is 17.0. The van der Waals surface area contributed by atoms with Crippen LogP contribution in [0.15, 0.2) is 40.0 Å². The molecule has 12 nitrogen and oxygen atoms in total. The largest absolute Gasteiger partial charge is 0.495 e. The zero-order chi connectivity index (χ0) is 26.3. The maximum absolute atomic E-state index is 12.9. The van der Waals surface area contributed by atoms with Crippen LogP contribution in [0.2, 0.25) is 5.02 Å². The quantitative estimate of drug-likeness (QED) is 0.290. The second-order valence-electron chi connectivity index (χ2n) is 7.72. The summed E-state index contributed by atoms with van der Waals surface area (Å²) in [5.74, 6) is -1.01. The number of carbonyl (C=O) groups is 3. The van der Waals surface area contributed by atoms with E-state index in [2.05, 4.69) is 5.32 Å². The van der Waals surface area contributed by atoms with Crippen molar-refractivity contribution in [1.82, 2.24) is 14.0 Å². The molecule has 1 aliphatic heterocycles. The van der Waals surface area contributed by atoms with Gasteiger partial charge < -0.3 is 10.1 Å². The van der Waals surface area contributed by atoms with E-state index in [0.717, 1.165) is 4.90 Å². The molecule has 0 atom stereocenters. The van der Waals surface area contributed by atoms with Crippen molar-refractivity contribution in [3.8, 4) is 5.75 Å². The van der Waals surface area contributed by atoms with Crippen LogP contribution in [0.3, 0.4) is 0 Å². The van der Waals surface area contributed by atoms with Crippen LogP contribution >= 0.6 is 23.4 Å². The fraction of sp³-hybridized carbons (Fsp3) is 0.182. The van der Waals surface area contributed by atoms with Gasteiger partial charge in [-0.15, -0.1) is 0 Å². The molecule has 3 amide bonds. The minimum atomic E-state index is -0.774. The Balaban J connectivity index is 1.60. The highest BCUT2D eigenvalue weighted by Gasteiger charge is 2.37. The highest BCUT2D eigenvalue weighted by Crippen LogP contribution is 2.35. The molecule has 0 bridgehead atoms. The van der Waals surface area contributed by atoms with Gasteiger partial charge in [-0.2, -0.15) is 0 Å². The monoisotopic (exact) mass is 531 g/mol. The Morgan fingerprint density at radius 2 is 1.83 bits per heavy atom. The number of nitro benzene ring substituents is 1. The van der Waals surface area contributed by atoms with Crippen molar-refractivity contribution in [1.29, 1.82) is 0 Å². The van der Waals surface area contributed by atoms with Crippen molar-refractivity contribution >= 4 is 68.9 Å². The molecule has 0 saturated carbocycles. The normalized spacial score (nSPS) is 14.7. The molecule has 186 valence electrons. The molecule has 0 aliphatic carbocycles. The highest BCUT2D eigenvalue weighted by atomic mass is 35.5. The minimum absolute atomic E-state index is 0.0385. The number of fused-ring (bicyclic) bond motifs is 1. The number of amides is 3. The molecule has 3 aromatic rings. The minimum Gasteiger partial charge on any atom is -0.495 e. The number of nitrogens with zero attached hydrogens (tertiary/aromatic N) is 4. The Kier molecular flexibility index (Phi) is 6.61. The Labute approximate surface area is 212 Å². The first-order valence-electron chi connectivity index (χ1n) is 10.2. The van der Waals surface area contributed by atoms with Gasteiger partial charge in [-0.3, -0.25) is 38.5 Å². The van der Waals surface area contributed by atoms with Gasteiger partial charge in [-0.25, -0.2) is 4.79 Å².